The largest absolute Gasteiger partial charge is 0.328 e. The lowest BCUT2D eigenvalue weighted by molar-refractivity contribution is 0.253. The van der Waals surface area contributed by atoms with Gasteiger partial charge in [0.15, 0.2) is 0 Å². The van der Waals surface area contributed by atoms with Gasteiger partial charge in [-0.3, -0.25) is 0 Å². The van der Waals surface area contributed by atoms with E-state index in [0.717, 1.165) is 42.3 Å². The highest BCUT2D eigenvalue weighted by Gasteiger charge is 2.30. The molecule has 28 heavy (non-hydrogen) atoms. The zero-order chi connectivity index (χ0) is 19.9. The van der Waals surface area contributed by atoms with Gasteiger partial charge >= 0.3 is 0 Å². The first-order valence-electron chi connectivity index (χ1n) is 9.23. The molecule has 1 aliphatic rings. The lowest BCUT2D eigenvalue weighted by Gasteiger charge is -2.31. The van der Waals surface area contributed by atoms with Gasteiger partial charge in [0.25, 0.3) is 0 Å². The Balaban J connectivity index is 1.47. The van der Waals surface area contributed by atoms with Crippen LogP contribution >= 0.6 is 11.6 Å². The summed E-state index contributed by atoms with van der Waals surface area (Å²) in [4.78, 5) is 4.64. The second-order valence-electron chi connectivity index (χ2n) is 7.18. The molecule has 0 bridgehead atoms. The number of para-hydroxylation sites is 2. The van der Waals surface area contributed by atoms with Crippen LogP contribution in [0, 0.1) is 18.7 Å². The Morgan fingerprint density at radius 3 is 2.61 bits per heavy atom. The maximum atomic E-state index is 13.4. The highest BCUT2D eigenvalue weighted by atomic mass is 35.5. The average molecular weight is 422 g/mol. The van der Waals surface area contributed by atoms with E-state index in [1.807, 2.05) is 25.1 Å². The van der Waals surface area contributed by atoms with Crippen molar-refractivity contribution in [3.8, 4) is 0 Å². The summed E-state index contributed by atoms with van der Waals surface area (Å²) in [7, 11) is -3.67. The maximum absolute atomic E-state index is 13.4. The van der Waals surface area contributed by atoms with E-state index in [0.29, 0.717) is 19.0 Å². The predicted molar refractivity (Wildman–Crippen MR) is 107 cm³/mol. The molecule has 0 saturated carbocycles. The third-order valence-corrected chi connectivity index (χ3v) is 7.57. The summed E-state index contributed by atoms with van der Waals surface area (Å²) in [6.07, 6.45) is 1.53. The number of hydrogen-bond acceptors (Lipinski definition) is 3. The summed E-state index contributed by atoms with van der Waals surface area (Å²) in [6.45, 7) is 3.70. The number of fused-ring (bicyclic) bond motifs is 1. The van der Waals surface area contributed by atoms with E-state index in [-0.39, 0.29) is 9.92 Å². The van der Waals surface area contributed by atoms with Crippen molar-refractivity contribution in [2.45, 2.75) is 31.2 Å². The van der Waals surface area contributed by atoms with Crippen molar-refractivity contribution in [2.75, 3.05) is 13.1 Å². The summed E-state index contributed by atoms with van der Waals surface area (Å²) in [5.41, 5.74) is 2.09. The Hall–Kier alpha value is -1.96. The zero-order valence-electron chi connectivity index (χ0n) is 15.5. The Morgan fingerprint density at radius 1 is 1.18 bits per heavy atom. The Labute approximate surface area is 168 Å². The van der Waals surface area contributed by atoms with Crippen molar-refractivity contribution in [1.82, 2.24) is 13.9 Å². The van der Waals surface area contributed by atoms with Gasteiger partial charge in [-0.2, -0.15) is 4.31 Å². The minimum Gasteiger partial charge on any atom is -0.328 e. The van der Waals surface area contributed by atoms with Crippen LogP contribution in [0.2, 0.25) is 5.02 Å². The van der Waals surface area contributed by atoms with Crippen molar-refractivity contribution in [1.29, 1.82) is 0 Å². The van der Waals surface area contributed by atoms with E-state index < -0.39 is 15.8 Å². The number of benzene rings is 2. The molecular weight excluding hydrogens is 401 g/mol. The van der Waals surface area contributed by atoms with Crippen LogP contribution in [0.3, 0.4) is 0 Å². The van der Waals surface area contributed by atoms with E-state index in [9.17, 15) is 12.8 Å². The molecule has 4 rings (SSSR count). The molecule has 0 amide bonds. The number of halogens is 2. The molecule has 1 saturated heterocycles. The molecule has 148 valence electrons. The standard InChI is InChI=1S/C20H21ClFN3O2S/c1-14-23-19-4-2-3-5-20(19)25(14)13-15-8-10-24(11-9-15)28(26,27)16-6-7-18(22)17(21)12-16/h2-7,12,15H,8-11,13H2,1H3. The molecule has 3 aromatic rings. The van der Waals surface area contributed by atoms with E-state index in [1.54, 1.807) is 0 Å². The third kappa shape index (κ3) is 3.54. The van der Waals surface area contributed by atoms with E-state index in [1.165, 1.54) is 16.4 Å². The van der Waals surface area contributed by atoms with Crippen LogP contribution < -0.4 is 0 Å². The van der Waals surface area contributed by atoms with Crippen LogP contribution in [0.25, 0.3) is 11.0 Å². The van der Waals surface area contributed by atoms with Crippen LogP contribution in [0.4, 0.5) is 4.39 Å². The molecule has 1 aliphatic heterocycles. The summed E-state index contributed by atoms with van der Waals surface area (Å²) in [5, 5.41) is -0.182. The summed E-state index contributed by atoms with van der Waals surface area (Å²) in [6, 6.07) is 11.6. The summed E-state index contributed by atoms with van der Waals surface area (Å²) >= 11 is 5.76. The van der Waals surface area contributed by atoms with E-state index >= 15 is 0 Å². The van der Waals surface area contributed by atoms with Crippen molar-refractivity contribution in [2.24, 2.45) is 5.92 Å². The lowest BCUT2D eigenvalue weighted by atomic mass is 9.98. The van der Waals surface area contributed by atoms with Gasteiger partial charge in [-0.1, -0.05) is 23.7 Å². The number of piperidine rings is 1. The monoisotopic (exact) mass is 421 g/mol. The predicted octanol–water partition coefficient (Wildman–Crippen LogP) is 4.24. The molecule has 5 nitrogen and oxygen atoms in total. The third-order valence-electron chi connectivity index (χ3n) is 5.39. The Morgan fingerprint density at radius 2 is 1.89 bits per heavy atom. The Bertz CT molecular complexity index is 1120. The van der Waals surface area contributed by atoms with Crippen LogP contribution in [0.15, 0.2) is 47.4 Å². The average Bonchev–Trinajstić information content (AvgIpc) is 3.00. The second kappa shape index (κ2) is 7.46. The van der Waals surface area contributed by atoms with Crippen molar-refractivity contribution >= 4 is 32.7 Å². The molecule has 2 aromatic carbocycles. The van der Waals surface area contributed by atoms with E-state index in [2.05, 4.69) is 15.6 Å². The first-order valence-corrected chi connectivity index (χ1v) is 11.0. The topological polar surface area (TPSA) is 55.2 Å². The van der Waals surface area contributed by atoms with Crippen LogP contribution in [-0.2, 0) is 16.6 Å². The molecule has 0 radical (unpaired) electrons. The van der Waals surface area contributed by atoms with Gasteiger partial charge < -0.3 is 4.57 Å². The zero-order valence-corrected chi connectivity index (χ0v) is 17.0. The first-order chi connectivity index (χ1) is 13.4. The van der Waals surface area contributed by atoms with Crippen molar-refractivity contribution in [3.63, 3.8) is 0 Å². The van der Waals surface area contributed by atoms with Gasteiger partial charge in [0.05, 0.1) is 21.0 Å². The Kier molecular flexibility index (Phi) is 5.16. The van der Waals surface area contributed by atoms with Gasteiger partial charge in [-0.15, -0.1) is 0 Å². The fourth-order valence-electron chi connectivity index (χ4n) is 3.80. The smallest absolute Gasteiger partial charge is 0.243 e. The minimum atomic E-state index is -3.67. The highest BCUT2D eigenvalue weighted by molar-refractivity contribution is 7.89. The SMILES string of the molecule is Cc1nc2ccccc2n1CC1CCN(S(=O)(=O)c2ccc(F)c(Cl)c2)CC1. The molecule has 1 aromatic heterocycles. The van der Waals surface area contributed by atoms with Crippen molar-refractivity contribution < 1.29 is 12.8 Å². The lowest BCUT2D eigenvalue weighted by Crippen LogP contribution is -2.39. The van der Waals surface area contributed by atoms with Gasteiger partial charge in [0.2, 0.25) is 10.0 Å². The maximum Gasteiger partial charge on any atom is 0.243 e. The molecule has 2 heterocycles. The molecule has 1 fully saturated rings. The van der Waals surface area contributed by atoms with Gasteiger partial charge in [0.1, 0.15) is 11.6 Å². The second-order valence-corrected chi connectivity index (χ2v) is 9.53. The molecule has 8 heteroatoms. The van der Waals surface area contributed by atoms with E-state index in [4.69, 9.17) is 11.6 Å². The molecule has 0 aliphatic carbocycles. The molecule has 0 spiro atoms. The molecule has 0 atom stereocenters. The van der Waals surface area contributed by atoms with Crippen LogP contribution in [0.5, 0.6) is 0 Å². The molecular formula is C20H21ClFN3O2S. The van der Waals surface area contributed by atoms with Crippen LogP contribution in [-0.4, -0.2) is 35.4 Å². The first kappa shape index (κ1) is 19.4. The highest BCUT2D eigenvalue weighted by Crippen LogP contribution is 2.28. The minimum absolute atomic E-state index is 0.0359. The summed E-state index contributed by atoms with van der Waals surface area (Å²) < 4.78 is 42.7. The fraction of sp³-hybridized carbons (Fsp3) is 0.350. The molecule has 0 unspecified atom stereocenters. The fourth-order valence-corrected chi connectivity index (χ4v) is 5.54. The van der Waals surface area contributed by atoms with Gasteiger partial charge in [0, 0.05) is 19.6 Å². The number of rotatable bonds is 4. The number of aromatic nitrogens is 2. The number of aryl methyl sites for hydroxylation is 1. The van der Waals surface area contributed by atoms with Gasteiger partial charge in [-0.05, 0) is 56.0 Å². The number of sulfonamides is 1. The quantitative estimate of drug-likeness (QED) is 0.633. The molecule has 0 N–H and O–H groups in total. The van der Waals surface area contributed by atoms with Crippen molar-refractivity contribution in [3.05, 3.63) is 59.1 Å². The van der Waals surface area contributed by atoms with Gasteiger partial charge in [-0.25, -0.2) is 17.8 Å². The summed E-state index contributed by atoms with van der Waals surface area (Å²) in [5.74, 6) is 0.721. The number of nitrogens with zero attached hydrogens (tertiary/aromatic N) is 3. The number of hydrogen-bond donors (Lipinski definition) is 0. The number of imidazole rings is 1. The van der Waals surface area contributed by atoms with Crippen LogP contribution in [0.1, 0.15) is 18.7 Å². The normalized spacial score (nSPS) is 16.7.